The Morgan fingerprint density at radius 2 is 1.78 bits per heavy atom. The Morgan fingerprint density at radius 3 is 2.54 bits per heavy atom. The molecule has 2 aliphatic heterocycles. The fraction of sp³-hybridized carbons (Fsp3) is 0.355. The zero-order valence-corrected chi connectivity index (χ0v) is 22.3. The van der Waals surface area contributed by atoms with Crippen LogP contribution in [0.5, 0.6) is 11.5 Å². The van der Waals surface area contributed by atoms with Crippen molar-refractivity contribution in [1.29, 1.82) is 0 Å². The molecule has 0 radical (unpaired) electrons. The van der Waals surface area contributed by atoms with Crippen molar-refractivity contribution in [2.75, 3.05) is 25.4 Å². The lowest BCUT2D eigenvalue weighted by Crippen LogP contribution is -2.25. The maximum atomic E-state index is 15.2. The summed E-state index contributed by atoms with van der Waals surface area (Å²) in [5.74, 6) is 1.55. The number of nitrogens with zero attached hydrogens (tertiary/aromatic N) is 1. The largest absolute Gasteiger partial charge is 0.489 e. The van der Waals surface area contributed by atoms with E-state index < -0.39 is 0 Å². The molecule has 6 heteroatoms. The summed E-state index contributed by atoms with van der Waals surface area (Å²) in [6.45, 7) is 7.30. The molecular weight excluding hydrogens is 488 g/mol. The van der Waals surface area contributed by atoms with Crippen LogP contribution in [0.2, 0.25) is 0 Å². The van der Waals surface area contributed by atoms with Gasteiger partial charge in [-0.3, -0.25) is 9.84 Å². The smallest absolute Gasteiger partial charge is 0.173 e. The maximum Gasteiger partial charge on any atom is 0.173 e. The predicted molar refractivity (Wildman–Crippen MR) is 147 cm³/mol. The summed E-state index contributed by atoms with van der Waals surface area (Å²) >= 11 is 1.63. The Hall–Kier alpha value is -2.83. The molecule has 194 valence electrons. The van der Waals surface area contributed by atoms with Crippen LogP contribution < -0.4 is 9.68 Å². The molecule has 1 atom stereocenters. The quantitative estimate of drug-likeness (QED) is 0.298. The number of rotatable bonds is 8. The van der Waals surface area contributed by atoms with Gasteiger partial charge in [0.2, 0.25) is 0 Å². The van der Waals surface area contributed by atoms with E-state index >= 15 is 4.39 Å². The molecule has 2 aliphatic rings. The van der Waals surface area contributed by atoms with Crippen LogP contribution in [0.4, 0.5) is 8.92 Å². The predicted octanol–water partition coefficient (Wildman–Crippen LogP) is 8.11. The van der Waals surface area contributed by atoms with Crippen molar-refractivity contribution in [3.05, 3.63) is 88.7 Å². The lowest BCUT2D eigenvalue weighted by atomic mass is 9.87. The van der Waals surface area contributed by atoms with Gasteiger partial charge in [-0.05, 0) is 97.0 Å². The Kier molecular flexibility index (Phi) is 8.16. The van der Waals surface area contributed by atoms with Gasteiger partial charge in [-0.1, -0.05) is 37.6 Å². The number of benzene rings is 3. The minimum Gasteiger partial charge on any atom is -0.489 e. The van der Waals surface area contributed by atoms with E-state index in [2.05, 4.69) is 28.9 Å². The third-order valence-electron chi connectivity index (χ3n) is 7.18. The van der Waals surface area contributed by atoms with Crippen LogP contribution >= 0.6 is 11.8 Å². The van der Waals surface area contributed by atoms with Crippen LogP contribution in [-0.4, -0.2) is 36.4 Å². The standard InChI is InChI=1S/C31H33F2NO2S/c1-3-4-15-34-16-13-25(20-34)35-23-8-6-22(7-9-23)31-27(26-11-5-21(2)18-29(26)32)14-17-37-30-19-24(36-33)10-12-28(30)31/h5-12,18-19,25H,3-4,13-17,20H2,1-2H3/t25-/m0/s1. The molecule has 0 N–H and O–H groups in total. The topological polar surface area (TPSA) is 21.7 Å². The minimum atomic E-state index is -0.224. The number of likely N-dealkylation sites (tertiary alicyclic amines) is 1. The summed E-state index contributed by atoms with van der Waals surface area (Å²) in [5.41, 5.74) is 5.35. The number of hydrogen-bond donors (Lipinski definition) is 0. The van der Waals surface area contributed by atoms with Crippen LogP contribution in [0.3, 0.4) is 0 Å². The van der Waals surface area contributed by atoms with Gasteiger partial charge < -0.3 is 4.74 Å². The van der Waals surface area contributed by atoms with Gasteiger partial charge in [0.25, 0.3) is 0 Å². The number of thioether (sulfide) groups is 1. The summed E-state index contributed by atoms with van der Waals surface area (Å²) < 4.78 is 34.5. The number of aryl methyl sites for hydroxylation is 1. The zero-order chi connectivity index (χ0) is 25.8. The maximum absolute atomic E-state index is 15.2. The van der Waals surface area contributed by atoms with Crippen LogP contribution in [0, 0.1) is 12.7 Å². The SMILES string of the molecule is CCCCN1CC[C@H](Oc2ccc(C3=C(c4ccc(C)cc4F)CCSc4cc(OF)ccc43)cc2)C1. The molecule has 0 spiro atoms. The molecule has 37 heavy (non-hydrogen) atoms. The van der Waals surface area contributed by atoms with E-state index in [9.17, 15) is 4.53 Å². The fourth-order valence-corrected chi connectivity index (χ4v) is 6.31. The molecule has 1 saturated heterocycles. The Labute approximate surface area is 222 Å². The second kappa shape index (κ2) is 11.7. The molecule has 0 saturated carbocycles. The molecular formula is C31H33F2NO2S. The monoisotopic (exact) mass is 521 g/mol. The van der Waals surface area contributed by atoms with E-state index in [1.807, 2.05) is 37.3 Å². The molecule has 2 heterocycles. The van der Waals surface area contributed by atoms with E-state index in [0.29, 0.717) is 12.0 Å². The van der Waals surface area contributed by atoms with Crippen molar-refractivity contribution in [1.82, 2.24) is 4.90 Å². The molecule has 0 bridgehead atoms. The first-order valence-corrected chi connectivity index (χ1v) is 14.1. The molecule has 1 fully saturated rings. The highest BCUT2D eigenvalue weighted by molar-refractivity contribution is 7.99. The van der Waals surface area contributed by atoms with Gasteiger partial charge in [-0.2, -0.15) is 0 Å². The van der Waals surface area contributed by atoms with E-state index in [1.165, 1.54) is 12.8 Å². The number of fused-ring (bicyclic) bond motifs is 1. The van der Waals surface area contributed by atoms with Crippen LogP contribution in [-0.2, 0) is 0 Å². The van der Waals surface area contributed by atoms with Gasteiger partial charge in [-0.25, -0.2) is 4.39 Å². The highest BCUT2D eigenvalue weighted by Gasteiger charge is 2.25. The molecule has 0 aromatic heterocycles. The molecule has 5 rings (SSSR count). The second-order valence-corrected chi connectivity index (χ2v) is 11.0. The van der Waals surface area contributed by atoms with Crippen LogP contribution in [0.15, 0.2) is 65.6 Å². The Balaban J connectivity index is 1.49. The van der Waals surface area contributed by atoms with Gasteiger partial charge in [0.05, 0.1) is 0 Å². The summed E-state index contributed by atoms with van der Waals surface area (Å²) in [5, 5.41) is 0. The molecule has 3 aromatic carbocycles. The van der Waals surface area contributed by atoms with Gasteiger partial charge >= 0.3 is 0 Å². The van der Waals surface area contributed by atoms with E-state index in [-0.39, 0.29) is 17.7 Å². The van der Waals surface area contributed by atoms with Crippen molar-refractivity contribution in [2.45, 2.75) is 50.5 Å². The number of allylic oxidation sites excluding steroid dienone is 1. The Morgan fingerprint density at radius 1 is 1.00 bits per heavy atom. The highest BCUT2D eigenvalue weighted by Crippen LogP contribution is 2.44. The first-order valence-electron chi connectivity index (χ1n) is 13.1. The van der Waals surface area contributed by atoms with Gasteiger partial charge in [-0.15, -0.1) is 11.8 Å². The number of ether oxygens (including phenoxy) is 1. The molecule has 3 aromatic rings. The van der Waals surface area contributed by atoms with Crippen molar-refractivity contribution in [3.8, 4) is 11.5 Å². The van der Waals surface area contributed by atoms with Crippen molar-refractivity contribution in [3.63, 3.8) is 0 Å². The zero-order valence-electron chi connectivity index (χ0n) is 21.4. The third kappa shape index (κ3) is 5.86. The number of unbranched alkanes of at least 4 members (excludes halogenated alkanes) is 1. The molecule has 0 unspecified atom stereocenters. The van der Waals surface area contributed by atoms with Gasteiger partial charge in [0, 0.05) is 33.8 Å². The molecule has 3 nitrogen and oxygen atoms in total. The van der Waals surface area contributed by atoms with Gasteiger partial charge in [0.1, 0.15) is 17.7 Å². The van der Waals surface area contributed by atoms with Crippen LogP contribution in [0.25, 0.3) is 11.1 Å². The van der Waals surface area contributed by atoms with Crippen molar-refractivity contribution in [2.24, 2.45) is 0 Å². The van der Waals surface area contributed by atoms with E-state index in [4.69, 9.17) is 4.74 Å². The van der Waals surface area contributed by atoms with E-state index in [0.717, 1.165) is 70.3 Å². The number of halogens is 2. The summed E-state index contributed by atoms with van der Waals surface area (Å²) in [6.07, 6.45) is 4.36. The minimum absolute atomic E-state index is 0.170. The summed E-state index contributed by atoms with van der Waals surface area (Å²) in [7, 11) is 0. The molecule has 0 amide bonds. The van der Waals surface area contributed by atoms with Gasteiger partial charge in [0.15, 0.2) is 5.75 Å². The van der Waals surface area contributed by atoms with Crippen molar-refractivity contribution < 1.29 is 18.6 Å². The van der Waals surface area contributed by atoms with Crippen molar-refractivity contribution >= 4 is 22.9 Å². The summed E-state index contributed by atoms with van der Waals surface area (Å²) in [4.78, 5) is 7.40. The highest BCUT2D eigenvalue weighted by atomic mass is 32.2. The summed E-state index contributed by atoms with van der Waals surface area (Å²) in [6, 6.07) is 18.7. The van der Waals surface area contributed by atoms with Crippen LogP contribution in [0.1, 0.15) is 54.9 Å². The fourth-order valence-electron chi connectivity index (χ4n) is 5.26. The van der Waals surface area contributed by atoms with E-state index in [1.54, 1.807) is 30.0 Å². The first-order chi connectivity index (χ1) is 18.1. The lowest BCUT2D eigenvalue weighted by Gasteiger charge is -2.19. The lowest BCUT2D eigenvalue weighted by molar-refractivity contribution is -0.00646. The normalized spacial score (nSPS) is 18.0. The number of hydrogen-bond acceptors (Lipinski definition) is 4. The average molecular weight is 522 g/mol. The second-order valence-electron chi connectivity index (χ2n) is 9.88. The third-order valence-corrected chi connectivity index (χ3v) is 8.23. The molecule has 0 aliphatic carbocycles. The average Bonchev–Trinajstić information content (AvgIpc) is 3.26. The first kappa shape index (κ1) is 25.8. The Bertz CT molecular complexity index is 1270.